The molecule has 0 spiro atoms. The van der Waals surface area contributed by atoms with Crippen molar-refractivity contribution in [1.82, 2.24) is 5.48 Å². The number of nitrogens with zero attached hydrogens (tertiary/aromatic N) is 3. The van der Waals surface area contributed by atoms with Gasteiger partial charge >= 0.3 is 79.3 Å². The summed E-state index contributed by atoms with van der Waals surface area (Å²) in [6.07, 6.45) is 0.207. The first-order valence-electron chi connectivity index (χ1n) is 6.58. The van der Waals surface area contributed by atoms with Crippen LogP contribution in [0, 0.1) is 6.54 Å². The van der Waals surface area contributed by atoms with E-state index in [1.807, 2.05) is 12.1 Å². The van der Waals surface area contributed by atoms with E-state index in [2.05, 4.69) is 34.2 Å². The van der Waals surface area contributed by atoms with Crippen LogP contribution in [0.2, 0.25) is 0 Å². The number of hydroxylamine groups is 1. The van der Waals surface area contributed by atoms with E-state index in [-0.39, 0.29) is 91.6 Å². The molecular formula is C14H19N4O2RbW. The van der Waals surface area contributed by atoms with E-state index in [1.54, 1.807) is 12.5 Å². The fourth-order valence-corrected chi connectivity index (χ4v) is 2.33. The van der Waals surface area contributed by atoms with Gasteiger partial charge in [-0.25, -0.2) is 12.0 Å². The average Bonchev–Trinajstić information content (AvgIpc) is 2.82. The average molecular weight is 545 g/mol. The van der Waals surface area contributed by atoms with Gasteiger partial charge in [-0.05, 0) is 6.07 Å². The van der Waals surface area contributed by atoms with Crippen LogP contribution in [-0.4, -0.2) is 37.9 Å². The fraction of sp³-hybridized carbons (Fsp3) is 0.429. The Bertz CT molecular complexity index is 464. The van der Waals surface area contributed by atoms with Crippen molar-refractivity contribution < 1.29 is 89.3 Å². The Morgan fingerprint density at radius 3 is 2.86 bits per heavy atom. The summed E-state index contributed by atoms with van der Waals surface area (Å²) in [5.41, 5.74) is 4.02. The molecule has 0 saturated heterocycles. The molecule has 2 rings (SSSR count). The van der Waals surface area contributed by atoms with Crippen LogP contribution in [-0.2, 0) is 25.9 Å². The van der Waals surface area contributed by atoms with Crippen molar-refractivity contribution in [2.75, 3.05) is 31.7 Å². The molecule has 1 amide bonds. The van der Waals surface area contributed by atoms with Gasteiger partial charge in [-0.1, -0.05) is 23.8 Å². The molecule has 0 radical (unpaired) electrons. The summed E-state index contributed by atoms with van der Waals surface area (Å²) in [7, 11) is 1.79. The van der Waals surface area contributed by atoms with E-state index in [1.165, 1.54) is 11.3 Å². The van der Waals surface area contributed by atoms with E-state index in [0.717, 1.165) is 0 Å². The molecule has 2 N–H and O–H groups in total. The monoisotopic (exact) mass is 544 g/mol. The maximum atomic E-state index is 10.9. The second-order valence-electron chi connectivity index (χ2n) is 4.66. The van der Waals surface area contributed by atoms with E-state index in [4.69, 9.17) is 5.21 Å². The predicted octanol–water partition coefficient (Wildman–Crippen LogP) is -1.02. The number of nitrogens with one attached hydrogen (secondary N) is 1. The number of amides is 1. The molecule has 1 aliphatic heterocycles. The van der Waals surface area contributed by atoms with E-state index in [9.17, 15) is 4.79 Å². The molecule has 1 aliphatic rings. The van der Waals surface area contributed by atoms with Crippen LogP contribution < -0.4 is 68.6 Å². The van der Waals surface area contributed by atoms with Gasteiger partial charge in [0.25, 0.3) is 0 Å². The number of carbonyl (C=O) groups excluding carboxylic acids is 1. The van der Waals surface area contributed by atoms with E-state index in [0.29, 0.717) is 19.8 Å². The second kappa shape index (κ2) is 12.3. The normalized spacial score (nSPS) is 15.5. The van der Waals surface area contributed by atoms with Gasteiger partial charge in [0.1, 0.15) is 0 Å². The smallest absolute Gasteiger partial charge is 0.663 e. The number of carbonyl (C=O) groups is 1. The SMILES string of the molecule is C[N-]CN1[CH-]C(C[N-]CCC(=O)NO)c2ccccc21.[Rb+].[W+2]. The molecule has 114 valence electrons. The first-order chi connectivity index (χ1) is 9.76. The molecule has 0 bridgehead atoms. The molecule has 6 nitrogen and oxygen atoms in total. The number of hydrogen-bond donors (Lipinski definition) is 2. The maximum absolute atomic E-state index is 10.9. The molecule has 0 saturated carbocycles. The third-order valence-electron chi connectivity index (χ3n) is 3.25. The van der Waals surface area contributed by atoms with Gasteiger partial charge < -0.3 is 15.5 Å². The van der Waals surface area contributed by atoms with Gasteiger partial charge in [0.05, 0.1) is 0 Å². The predicted molar refractivity (Wildman–Crippen MR) is 77.8 cm³/mol. The molecule has 0 aromatic heterocycles. The summed E-state index contributed by atoms with van der Waals surface area (Å²) in [5, 5.41) is 16.9. The van der Waals surface area contributed by atoms with Gasteiger partial charge in [0.2, 0.25) is 5.91 Å². The van der Waals surface area contributed by atoms with Crippen molar-refractivity contribution in [3.63, 3.8) is 0 Å². The van der Waals surface area contributed by atoms with Crippen molar-refractivity contribution in [2.24, 2.45) is 0 Å². The van der Waals surface area contributed by atoms with Crippen molar-refractivity contribution >= 4 is 11.6 Å². The van der Waals surface area contributed by atoms with E-state index < -0.39 is 5.91 Å². The Kier molecular flexibility index (Phi) is 12.7. The zero-order valence-corrected chi connectivity index (χ0v) is 20.7. The zero-order chi connectivity index (χ0) is 14.4. The zero-order valence-electron chi connectivity index (χ0n) is 12.9. The number of para-hydroxylation sites is 1. The minimum Gasteiger partial charge on any atom is -0.663 e. The summed E-state index contributed by atoms with van der Waals surface area (Å²) in [6, 6.07) is 8.21. The first kappa shape index (κ1) is 22.9. The third kappa shape index (κ3) is 6.40. The summed E-state index contributed by atoms with van der Waals surface area (Å²) in [5.74, 6) is -0.180. The Morgan fingerprint density at radius 1 is 1.45 bits per heavy atom. The first-order valence-corrected chi connectivity index (χ1v) is 6.58. The van der Waals surface area contributed by atoms with Crippen LogP contribution in [0.5, 0.6) is 0 Å². The number of anilines is 1. The van der Waals surface area contributed by atoms with Crippen molar-refractivity contribution in [3.05, 3.63) is 47.0 Å². The maximum Gasteiger partial charge on any atom is 2.00 e. The molecule has 1 unspecified atom stereocenters. The Morgan fingerprint density at radius 2 is 2.18 bits per heavy atom. The molecule has 0 aliphatic carbocycles. The summed E-state index contributed by atoms with van der Waals surface area (Å²) < 4.78 is 0. The second-order valence-corrected chi connectivity index (χ2v) is 4.66. The Hall–Kier alpha value is 0.864. The Balaban J connectivity index is 0.00000220. The molecule has 8 heteroatoms. The summed E-state index contributed by atoms with van der Waals surface area (Å²) >= 11 is 0. The fourth-order valence-electron chi connectivity index (χ4n) is 2.33. The van der Waals surface area contributed by atoms with Gasteiger partial charge in [-0.3, -0.25) is 10.0 Å². The molecule has 0 fully saturated rings. The third-order valence-corrected chi connectivity index (χ3v) is 3.25. The molecule has 22 heavy (non-hydrogen) atoms. The van der Waals surface area contributed by atoms with Crippen molar-refractivity contribution in [3.8, 4) is 0 Å². The van der Waals surface area contributed by atoms with Gasteiger partial charge in [0.15, 0.2) is 0 Å². The Labute approximate surface area is 194 Å². The van der Waals surface area contributed by atoms with Crippen LogP contribution in [0.15, 0.2) is 24.3 Å². The largest absolute Gasteiger partial charge is 2.00 e. The molecular weight excluding hydrogens is 525 g/mol. The van der Waals surface area contributed by atoms with Crippen LogP contribution >= 0.6 is 0 Å². The number of fused-ring (bicyclic) bond motifs is 1. The summed E-state index contributed by atoms with van der Waals surface area (Å²) in [4.78, 5) is 13.0. The number of benzene rings is 1. The molecule has 1 heterocycles. The minimum atomic E-state index is -0.407. The molecule has 1 aromatic carbocycles. The van der Waals surface area contributed by atoms with Crippen molar-refractivity contribution in [1.29, 1.82) is 0 Å². The van der Waals surface area contributed by atoms with Crippen LogP contribution in [0.1, 0.15) is 17.9 Å². The van der Waals surface area contributed by atoms with Crippen LogP contribution in [0.4, 0.5) is 5.69 Å². The standard InChI is InChI=1S/C14H19N4O2.Rb.W/c1-15-10-18-9-11(8-16-7-6-14(19)17-20)12-4-2-3-5-13(12)18;;/h2-5,9,11,20H,6-8,10H2,1H3,(H,17,19);;/q-3;+1;+2. The van der Waals surface area contributed by atoms with Crippen LogP contribution in [0.3, 0.4) is 0 Å². The van der Waals surface area contributed by atoms with Gasteiger partial charge in [0, 0.05) is 12.1 Å². The number of hydrogen-bond acceptors (Lipinski definition) is 3. The van der Waals surface area contributed by atoms with Gasteiger partial charge in [-0.2, -0.15) is 13.6 Å². The summed E-state index contributed by atoms with van der Waals surface area (Å²) in [6.45, 7) is 3.82. The quantitative estimate of drug-likeness (QED) is 0.200. The van der Waals surface area contributed by atoms with E-state index >= 15 is 0 Å². The number of rotatable bonds is 7. The van der Waals surface area contributed by atoms with Crippen LogP contribution in [0.25, 0.3) is 10.6 Å². The topological polar surface area (TPSA) is 80.8 Å². The minimum absolute atomic E-state index is 0. The molecule has 1 atom stereocenters. The van der Waals surface area contributed by atoms with Gasteiger partial charge in [-0.15, -0.1) is 19.1 Å². The molecule has 1 aromatic rings. The van der Waals surface area contributed by atoms with Crippen molar-refractivity contribution in [2.45, 2.75) is 12.3 Å².